The van der Waals surface area contributed by atoms with Gasteiger partial charge in [0.2, 0.25) is 0 Å². The topological polar surface area (TPSA) is 89.1 Å². The zero-order chi connectivity index (χ0) is 26.8. The molecule has 0 fully saturated rings. The summed E-state index contributed by atoms with van der Waals surface area (Å²) in [6, 6.07) is 17.0. The predicted molar refractivity (Wildman–Crippen MR) is 152 cm³/mol. The van der Waals surface area contributed by atoms with Gasteiger partial charge < -0.3 is 30.0 Å². The molecule has 0 unspecified atom stereocenters. The average Bonchev–Trinajstić information content (AvgIpc) is 3.08. The van der Waals surface area contributed by atoms with E-state index in [0.717, 1.165) is 28.2 Å². The molecule has 2 atom stereocenters. The minimum Gasteiger partial charge on any atom is -0.503 e. The van der Waals surface area contributed by atoms with Gasteiger partial charge in [-0.05, 0) is 89.6 Å². The van der Waals surface area contributed by atoms with Crippen molar-refractivity contribution in [1.29, 1.82) is 0 Å². The number of anilines is 2. The first-order valence-corrected chi connectivity index (χ1v) is 13.6. The smallest absolute Gasteiger partial charge is 0.172 e. The number of ether oxygens (including phenoxy) is 3. The number of Topliss-reactive ketones (excluding diaryl/α,β-unsaturated/α-hetero) is 1. The quantitative estimate of drug-likeness (QED) is 0.280. The highest BCUT2D eigenvalue weighted by molar-refractivity contribution is 9.10. The van der Waals surface area contributed by atoms with Gasteiger partial charge in [0, 0.05) is 17.7 Å². The number of aromatic hydroxyl groups is 1. The zero-order valence-electron chi connectivity index (χ0n) is 21.6. The number of allylic oxidation sites excluding steroid dienone is 1. The van der Waals surface area contributed by atoms with E-state index in [2.05, 4.69) is 26.6 Å². The van der Waals surface area contributed by atoms with Crippen molar-refractivity contribution >= 4 is 33.1 Å². The van der Waals surface area contributed by atoms with Crippen LogP contribution >= 0.6 is 15.9 Å². The molecular weight excluding hydrogens is 548 g/mol. The Labute approximate surface area is 230 Å². The van der Waals surface area contributed by atoms with Gasteiger partial charge in [-0.15, -0.1) is 0 Å². The van der Waals surface area contributed by atoms with Crippen molar-refractivity contribution in [2.75, 3.05) is 31.0 Å². The van der Waals surface area contributed by atoms with Crippen LogP contribution in [0.15, 0.2) is 70.3 Å². The highest BCUT2D eigenvalue weighted by atomic mass is 79.9. The Morgan fingerprint density at radius 3 is 2.37 bits per heavy atom. The number of phenolic OH excluding ortho intramolecular Hbond substituents is 1. The third-order valence-electron chi connectivity index (χ3n) is 6.95. The lowest BCUT2D eigenvalue weighted by Gasteiger charge is -2.30. The van der Waals surface area contributed by atoms with Crippen LogP contribution in [0, 0.1) is 0 Å². The number of ketones is 1. The van der Waals surface area contributed by atoms with E-state index >= 15 is 0 Å². The number of benzene rings is 3. The molecule has 0 amide bonds. The molecule has 8 heteroatoms. The first kappa shape index (κ1) is 26.0. The standard InChI is InChI=1S/C30H31BrN2O5/c1-4-37-25-11-10-17(15-26(25)36-3)18-13-23-28(24(34)14-18)29(33-22-9-7-6-8-21(22)32-23)19-12-20(31)30(35)27(16-19)38-5-2/h6-12,15-16,18,29,32-33,35H,4-5,13-14H2,1-3H3/t18-,29+/m1/s1. The minimum absolute atomic E-state index is 0.0187. The normalized spacial score (nSPS) is 18.5. The number of para-hydroxylation sites is 2. The monoisotopic (exact) mass is 578 g/mol. The molecule has 1 aliphatic carbocycles. The summed E-state index contributed by atoms with van der Waals surface area (Å²) >= 11 is 3.46. The second-order valence-corrected chi connectivity index (χ2v) is 10.1. The van der Waals surface area contributed by atoms with Crippen LogP contribution in [0.2, 0.25) is 0 Å². The van der Waals surface area contributed by atoms with Gasteiger partial charge >= 0.3 is 0 Å². The molecule has 7 nitrogen and oxygen atoms in total. The Balaban J connectivity index is 1.59. The fraction of sp³-hybridized carbons (Fsp3) is 0.300. The summed E-state index contributed by atoms with van der Waals surface area (Å²) in [5.41, 5.74) is 5.21. The number of methoxy groups -OCH3 is 1. The summed E-state index contributed by atoms with van der Waals surface area (Å²) in [6.45, 7) is 4.76. The van der Waals surface area contributed by atoms with Gasteiger partial charge in [-0.25, -0.2) is 0 Å². The summed E-state index contributed by atoms with van der Waals surface area (Å²) in [6.07, 6.45) is 1.02. The Bertz CT molecular complexity index is 1400. The molecule has 3 aromatic rings. The van der Waals surface area contributed by atoms with Crippen LogP contribution in [0.25, 0.3) is 0 Å². The number of nitrogens with one attached hydrogen (secondary N) is 2. The van der Waals surface area contributed by atoms with Crippen molar-refractivity contribution < 1.29 is 24.1 Å². The van der Waals surface area contributed by atoms with Crippen molar-refractivity contribution in [3.05, 3.63) is 81.5 Å². The minimum atomic E-state index is -0.430. The number of halogens is 1. The van der Waals surface area contributed by atoms with Crippen LogP contribution in [-0.2, 0) is 4.79 Å². The van der Waals surface area contributed by atoms with Crippen molar-refractivity contribution in [2.24, 2.45) is 0 Å². The van der Waals surface area contributed by atoms with E-state index in [9.17, 15) is 9.90 Å². The molecule has 1 aliphatic heterocycles. The van der Waals surface area contributed by atoms with E-state index < -0.39 is 6.04 Å². The molecule has 198 valence electrons. The molecule has 0 bridgehead atoms. The van der Waals surface area contributed by atoms with Crippen molar-refractivity contribution in [3.63, 3.8) is 0 Å². The largest absolute Gasteiger partial charge is 0.503 e. The predicted octanol–water partition coefficient (Wildman–Crippen LogP) is 6.94. The maximum Gasteiger partial charge on any atom is 0.172 e. The Kier molecular flexibility index (Phi) is 7.51. The lowest BCUT2D eigenvalue weighted by atomic mass is 9.78. The van der Waals surface area contributed by atoms with Gasteiger partial charge in [0.15, 0.2) is 28.8 Å². The summed E-state index contributed by atoms with van der Waals surface area (Å²) in [5, 5.41) is 17.6. The van der Waals surface area contributed by atoms with Crippen LogP contribution in [0.1, 0.15) is 49.8 Å². The molecule has 3 N–H and O–H groups in total. The van der Waals surface area contributed by atoms with E-state index in [4.69, 9.17) is 14.2 Å². The molecule has 0 saturated carbocycles. The SMILES string of the molecule is CCOc1ccc([C@H]2CC(=O)C3=C(C2)Nc2ccccc2N[C@H]3c2cc(Br)c(O)c(OCC)c2)cc1OC. The summed E-state index contributed by atoms with van der Waals surface area (Å²) < 4.78 is 17.5. The number of hydrogen-bond donors (Lipinski definition) is 3. The second-order valence-electron chi connectivity index (χ2n) is 9.29. The fourth-order valence-corrected chi connectivity index (χ4v) is 5.68. The van der Waals surface area contributed by atoms with Gasteiger partial charge in [-0.1, -0.05) is 18.2 Å². The van der Waals surface area contributed by atoms with Crippen LogP contribution in [0.3, 0.4) is 0 Å². The summed E-state index contributed by atoms with van der Waals surface area (Å²) in [4.78, 5) is 13.9. The number of rotatable bonds is 7. The number of carbonyl (C=O) groups excluding carboxylic acids is 1. The molecule has 38 heavy (non-hydrogen) atoms. The van der Waals surface area contributed by atoms with Gasteiger partial charge in [0.25, 0.3) is 0 Å². The third-order valence-corrected chi connectivity index (χ3v) is 7.56. The molecule has 0 saturated heterocycles. The van der Waals surface area contributed by atoms with E-state index in [-0.39, 0.29) is 17.5 Å². The van der Waals surface area contributed by atoms with Crippen molar-refractivity contribution in [3.8, 4) is 23.0 Å². The van der Waals surface area contributed by atoms with Crippen LogP contribution in [0.5, 0.6) is 23.0 Å². The highest BCUT2D eigenvalue weighted by Crippen LogP contribution is 2.47. The second kappa shape index (κ2) is 11.0. The fourth-order valence-electron chi connectivity index (χ4n) is 5.22. The maximum absolute atomic E-state index is 13.9. The molecule has 0 aromatic heterocycles. The Hall–Kier alpha value is -3.65. The van der Waals surface area contributed by atoms with Crippen LogP contribution < -0.4 is 24.8 Å². The summed E-state index contributed by atoms with van der Waals surface area (Å²) in [7, 11) is 1.63. The van der Waals surface area contributed by atoms with E-state index in [1.165, 1.54) is 0 Å². The Morgan fingerprint density at radius 2 is 1.63 bits per heavy atom. The van der Waals surface area contributed by atoms with E-state index in [1.807, 2.05) is 62.4 Å². The highest BCUT2D eigenvalue weighted by Gasteiger charge is 2.36. The van der Waals surface area contributed by atoms with Gasteiger partial charge in [0.05, 0.1) is 42.2 Å². The van der Waals surface area contributed by atoms with Crippen LogP contribution in [-0.4, -0.2) is 31.2 Å². The van der Waals surface area contributed by atoms with E-state index in [0.29, 0.717) is 53.3 Å². The Morgan fingerprint density at radius 1 is 0.921 bits per heavy atom. The molecule has 0 radical (unpaired) electrons. The summed E-state index contributed by atoms with van der Waals surface area (Å²) in [5.74, 6) is 1.80. The third kappa shape index (κ3) is 4.92. The lowest BCUT2D eigenvalue weighted by Crippen LogP contribution is -2.27. The number of hydrogen-bond acceptors (Lipinski definition) is 7. The molecular formula is C30H31BrN2O5. The first-order valence-electron chi connectivity index (χ1n) is 12.8. The van der Waals surface area contributed by atoms with Gasteiger partial charge in [0.1, 0.15) is 0 Å². The number of carbonyl (C=O) groups is 1. The lowest BCUT2D eigenvalue weighted by molar-refractivity contribution is -0.116. The molecule has 1 heterocycles. The first-order chi connectivity index (χ1) is 18.4. The van der Waals surface area contributed by atoms with E-state index in [1.54, 1.807) is 13.2 Å². The maximum atomic E-state index is 13.9. The molecule has 5 rings (SSSR count). The zero-order valence-corrected chi connectivity index (χ0v) is 23.2. The average molecular weight is 579 g/mol. The van der Waals surface area contributed by atoms with Crippen LogP contribution in [0.4, 0.5) is 11.4 Å². The molecule has 3 aromatic carbocycles. The molecule has 0 spiro atoms. The number of fused-ring (bicyclic) bond motifs is 1. The number of phenols is 1. The van der Waals surface area contributed by atoms with Gasteiger partial charge in [-0.3, -0.25) is 4.79 Å². The van der Waals surface area contributed by atoms with Crippen molar-refractivity contribution in [2.45, 2.75) is 38.6 Å². The van der Waals surface area contributed by atoms with Crippen molar-refractivity contribution in [1.82, 2.24) is 0 Å². The molecule has 2 aliphatic rings. The van der Waals surface area contributed by atoms with Gasteiger partial charge in [-0.2, -0.15) is 0 Å².